The molecule has 1 N–H and O–H groups in total. The number of aromatic nitrogens is 1. The quantitative estimate of drug-likeness (QED) is 0.753. The zero-order chi connectivity index (χ0) is 13.7. The van der Waals surface area contributed by atoms with Gasteiger partial charge in [0.15, 0.2) is 0 Å². The van der Waals surface area contributed by atoms with Crippen LogP contribution in [0, 0.1) is 0 Å². The Labute approximate surface area is 119 Å². The van der Waals surface area contributed by atoms with Gasteiger partial charge in [0.25, 0.3) is 0 Å². The number of hydrogen-bond acceptors (Lipinski definition) is 3. The number of thiazole rings is 1. The normalized spacial score (nSPS) is 14.7. The molecule has 1 aromatic carbocycles. The van der Waals surface area contributed by atoms with Gasteiger partial charge in [-0.25, -0.2) is 4.98 Å². The molecule has 104 valence electrons. The van der Waals surface area contributed by atoms with Crippen molar-refractivity contribution in [2.45, 2.75) is 58.0 Å². The van der Waals surface area contributed by atoms with Gasteiger partial charge in [0, 0.05) is 6.42 Å². The molecule has 2 nitrogen and oxygen atoms in total. The molecule has 19 heavy (non-hydrogen) atoms. The Morgan fingerprint density at radius 2 is 2.00 bits per heavy atom. The summed E-state index contributed by atoms with van der Waals surface area (Å²) in [4.78, 5) is 4.60. The van der Waals surface area contributed by atoms with Crippen molar-refractivity contribution >= 4 is 21.6 Å². The van der Waals surface area contributed by atoms with Crippen molar-refractivity contribution in [2.24, 2.45) is 0 Å². The molecule has 1 aromatic heterocycles. The van der Waals surface area contributed by atoms with E-state index in [0.29, 0.717) is 6.42 Å². The third kappa shape index (κ3) is 4.29. The fourth-order valence-electron chi connectivity index (χ4n) is 2.34. The van der Waals surface area contributed by atoms with Crippen LogP contribution < -0.4 is 0 Å². The standard InChI is InChI=1S/C16H23NOS/c1-3-4-5-8-11-16(2,18)12-15-17-13-9-6-7-10-14(13)19-15/h6-7,9-10,18H,3-5,8,11-12H2,1-2H3. The summed E-state index contributed by atoms with van der Waals surface area (Å²) in [6, 6.07) is 8.17. The first kappa shape index (κ1) is 14.5. The van der Waals surface area contributed by atoms with Crippen LogP contribution in [0.2, 0.25) is 0 Å². The van der Waals surface area contributed by atoms with Crippen molar-refractivity contribution in [1.29, 1.82) is 0 Å². The lowest BCUT2D eigenvalue weighted by Crippen LogP contribution is -2.26. The Morgan fingerprint density at radius 1 is 1.21 bits per heavy atom. The number of hydrogen-bond donors (Lipinski definition) is 1. The third-order valence-corrected chi connectivity index (χ3v) is 4.48. The second kappa shape index (κ2) is 6.49. The van der Waals surface area contributed by atoms with Gasteiger partial charge in [0.2, 0.25) is 0 Å². The summed E-state index contributed by atoms with van der Waals surface area (Å²) in [5, 5.41) is 11.5. The highest BCUT2D eigenvalue weighted by molar-refractivity contribution is 7.18. The van der Waals surface area contributed by atoms with E-state index in [4.69, 9.17) is 0 Å². The number of fused-ring (bicyclic) bond motifs is 1. The minimum atomic E-state index is -0.623. The van der Waals surface area contributed by atoms with Gasteiger partial charge in [0.1, 0.15) is 0 Å². The van der Waals surface area contributed by atoms with Crippen molar-refractivity contribution in [3.05, 3.63) is 29.3 Å². The molecule has 0 aliphatic rings. The Balaban J connectivity index is 1.94. The molecule has 0 radical (unpaired) electrons. The molecule has 1 heterocycles. The van der Waals surface area contributed by atoms with Gasteiger partial charge in [-0.05, 0) is 25.5 Å². The number of para-hydroxylation sites is 1. The van der Waals surface area contributed by atoms with Gasteiger partial charge in [-0.15, -0.1) is 11.3 Å². The maximum atomic E-state index is 10.5. The molecule has 0 saturated heterocycles. The van der Waals surface area contributed by atoms with E-state index < -0.39 is 5.60 Å². The van der Waals surface area contributed by atoms with E-state index in [-0.39, 0.29) is 0 Å². The summed E-state index contributed by atoms with van der Waals surface area (Å²) in [5.74, 6) is 0. The molecule has 2 rings (SSSR count). The van der Waals surface area contributed by atoms with Gasteiger partial charge in [0.05, 0.1) is 20.8 Å². The molecular formula is C16H23NOS. The van der Waals surface area contributed by atoms with Gasteiger partial charge in [-0.2, -0.15) is 0 Å². The number of nitrogens with zero attached hydrogens (tertiary/aromatic N) is 1. The second-order valence-corrected chi connectivity index (χ2v) is 6.67. The molecule has 0 spiro atoms. The maximum absolute atomic E-state index is 10.5. The predicted octanol–water partition coefficient (Wildman–Crippen LogP) is 4.56. The van der Waals surface area contributed by atoms with Gasteiger partial charge < -0.3 is 5.11 Å². The van der Waals surface area contributed by atoms with E-state index in [9.17, 15) is 5.11 Å². The number of aliphatic hydroxyl groups is 1. The summed E-state index contributed by atoms with van der Waals surface area (Å²) in [6.07, 6.45) is 6.34. The molecule has 1 unspecified atom stereocenters. The average molecular weight is 277 g/mol. The Hall–Kier alpha value is -0.930. The fourth-order valence-corrected chi connectivity index (χ4v) is 3.49. The highest BCUT2D eigenvalue weighted by Crippen LogP contribution is 2.27. The van der Waals surface area contributed by atoms with Crippen LogP contribution in [-0.2, 0) is 6.42 Å². The number of rotatable bonds is 7. The molecule has 0 fully saturated rings. The molecule has 0 bridgehead atoms. The van der Waals surface area contributed by atoms with Crippen LogP contribution in [0.4, 0.5) is 0 Å². The zero-order valence-corrected chi connectivity index (χ0v) is 12.7. The van der Waals surface area contributed by atoms with Crippen molar-refractivity contribution in [3.8, 4) is 0 Å². The topological polar surface area (TPSA) is 33.1 Å². The van der Waals surface area contributed by atoms with Crippen LogP contribution in [0.25, 0.3) is 10.2 Å². The fraction of sp³-hybridized carbons (Fsp3) is 0.562. The first-order chi connectivity index (χ1) is 9.11. The summed E-state index contributed by atoms with van der Waals surface area (Å²) in [7, 11) is 0. The van der Waals surface area contributed by atoms with Gasteiger partial charge in [-0.1, -0.05) is 44.7 Å². The maximum Gasteiger partial charge on any atom is 0.0967 e. The monoisotopic (exact) mass is 277 g/mol. The first-order valence-electron chi connectivity index (χ1n) is 7.17. The minimum absolute atomic E-state index is 0.623. The molecule has 0 aliphatic carbocycles. The van der Waals surface area contributed by atoms with Crippen LogP contribution in [0.15, 0.2) is 24.3 Å². The van der Waals surface area contributed by atoms with E-state index >= 15 is 0 Å². The summed E-state index contributed by atoms with van der Waals surface area (Å²) in [6.45, 7) is 4.14. The van der Waals surface area contributed by atoms with Crippen molar-refractivity contribution in [2.75, 3.05) is 0 Å². The van der Waals surface area contributed by atoms with Crippen LogP contribution in [0.5, 0.6) is 0 Å². The zero-order valence-electron chi connectivity index (χ0n) is 11.9. The van der Waals surface area contributed by atoms with Crippen LogP contribution >= 0.6 is 11.3 Å². The Kier molecular flexibility index (Phi) is 4.94. The minimum Gasteiger partial charge on any atom is -0.390 e. The van der Waals surface area contributed by atoms with Crippen LogP contribution in [0.3, 0.4) is 0 Å². The third-order valence-electron chi connectivity index (χ3n) is 3.44. The van der Waals surface area contributed by atoms with E-state index in [2.05, 4.69) is 18.0 Å². The highest BCUT2D eigenvalue weighted by Gasteiger charge is 2.22. The molecule has 1 atom stereocenters. The molecule has 0 saturated carbocycles. The van der Waals surface area contributed by atoms with Crippen LogP contribution in [0.1, 0.15) is 51.0 Å². The molecular weight excluding hydrogens is 254 g/mol. The molecule has 2 aromatic rings. The van der Waals surface area contributed by atoms with Gasteiger partial charge >= 0.3 is 0 Å². The van der Waals surface area contributed by atoms with Gasteiger partial charge in [-0.3, -0.25) is 0 Å². The first-order valence-corrected chi connectivity index (χ1v) is 7.99. The lowest BCUT2D eigenvalue weighted by molar-refractivity contribution is 0.0485. The second-order valence-electron chi connectivity index (χ2n) is 5.56. The molecule has 3 heteroatoms. The molecule has 0 aliphatic heterocycles. The summed E-state index contributed by atoms with van der Waals surface area (Å²) in [5.41, 5.74) is 0.422. The van der Waals surface area contributed by atoms with Crippen molar-refractivity contribution < 1.29 is 5.11 Å². The van der Waals surface area contributed by atoms with E-state index in [0.717, 1.165) is 23.4 Å². The van der Waals surface area contributed by atoms with E-state index in [1.807, 2.05) is 25.1 Å². The van der Waals surface area contributed by atoms with E-state index in [1.54, 1.807) is 11.3 Å². The van der Waals surface area contributed by atoms with E-state index in [1.165, 1.54) is 24.0 Å². The lowest BCUT2D eigenvalue weighted by atomic mass is 9.95. The smallest absolute Gasteiger partial charge is 0.0967 e. The largest absolute Gasteiger partial charge is 0.390 e. The van der Waals surface area contributed by atoms with Crippen molar-refractivity contribution in [1.82, 2.24) is 4.98 Å². The Morgan fingerprint density at radius 3 is 2.74 bits per heavy atom. The number of benzene rings is 1. The molecule has 0 amide bonds. The number of unbranched alkanes of at least 4 members (excludes halogenated alkanes) is 3. The highest BCUT2D eigenvalue weighted by atomic mass is 32.1. The van der Waals surface area contributed by atoms with Crippen molar-refractivity contribution in [3.63, 3.8) is 0 Å². The summed E-state index contributed by atoms with van der Waals surface area (Å²) < 4.78 is 1.21. The van der Waals surface area contributed by atoms with Crippen LogP contribution in [-0.4, -0.2) is 15.7 Å². The SMILES string of the molecule is CCCCCCC(C)(O)Cc1nc2ccccc2s1. The average Bonchev–Trinajstić information content (AvgIpc) is 2.75. The lowest BCUT2D eigenvalue weighted by Gasteiger charge is -2.21. The summed E-state index contributed by atoms with van der Waals surface area (Å²) >= 11 is 1.70. The Bertz CT molecular complexity index is 485. The predicted molar refractivity (Wildman–Crippen MR) is 82.7 cm³/mol.